The fraction of sp³-hybridized carbons (Fsp3) is 0.632. The highest BCUT2D eigenvalue weighted by atomic mass is 35.5. The minimum Gasteiger partial charge on any atom is -0.349 e. The summed E-state index contributed by atoms with van der Waals surface area (Å²) in [6.45, 7) is -0.303. The summed E-state index contributed by atoms with van der Waals surface area (Å²) >= 11 is 5.77. The Hall–Kier alpha value is -1.27. The molecule has 144 valence electrons. The molecule has 2 N–H and O–H groups in total. The van der Waals surface area contributed by atoms with Crippen molar-refractivity contribution in [1.82, 2.24) is 10.6 Å². The van der Waals surface area contributed by atoms with E-state index in [1.165, 1.54) is 6.07 Å². The van der Waals surface area contributed by atoms with Gasteiger partial charge in [0.15, 0.2) is 0 Å². The van der Waals surface area contributed by atoms with E-state index in [0.717, 1.165) is 31.4 Å². The molecule has 0 aliphatic heterocycles. The van der Waals surface area contributed by atoms with Crippen molar-refractivity contribution in [3.8, 4) is 0 Å². The van der Waals surface area contributed by atoms with E-state index in [1.807, 2.05) is 0 Å². The Morgan fingerprint density at radius 1 is 1.12 bits per heavy atom. The Bertz CT molecular complexity index is 629. The van der Waals surface area contributed by atoms with Crippen LogP contribution < -0.4 is 10.6 Å². The van der Waals surface area contributed by atoms with Crippen LogP contribution in [0.15, 0.2) is 18.2 Å². The van der Waals surface area contributed by atoms with Gasteiger partial charge in [-0.3, -0.25) is 4.79 Å². The van der Waals surface area contributed by atoms with E-state index in [-0.39, 0.29) is 29.2 Å². The molecule has 0 aromatic heterocycles. The number of hydrogen-bond donors (Lipinski definition) is 2. The normalized spacial score (nSPS) is 24.2. The Morgan fingerprint density at radius 2 is 1.81 bits per heavy atom. The van der Waals surface area contributed by atoms with Gasteiger partial charge in [0.2, 0.25) is 0 Å². The fourth-order valence-corrected chi connectivity index (χ4v) is 4.25. The zero-order chi connectivity index (χ0) is 18.7. The molecular formula is C19H24ClF3N2O. The van der Waals surface area contributed by atoms with Gasteiger partial charge in [-0.15, -0.1) is 0 Å². The minimum atomic E-state index is -2.67. The molecule has 0 unspecified atom stereocenters. The SMILES string of the molecule is O=C(N[C@H]1CC[C@H](NCC(F)(F)C2CCCC2)C1)c1cc(F)cc(Cl)c1. The molecule has 2 atom stereocenters. The van der Waals surface area contributed by atoms with E-state index in [9.17, 15) is 18.0 Å². The molecule has 0 bridgehead atoms. The summed E-state index contributed by atoms with van der Waals surface area (Å²) in [6.07, 6.45) is 5.03. The molecule has 0 radical (unpaired) electrons. The topological polar surface area (TPSA) is 41.1 Å². The molecule has 1 aromatic rings. The van der Waals surface area contributed by atoms with Crippen molar-refractivity contribution < 1.29 is 18.0 Å². The highest BCUT2D eigenvalue weighted by molar-refractivity contribution is 6.31. The quantitative estimate of drug-likeness (QED) is 0.750. The second kappa shape index (κ2) is 8.17. The Labute approximate surface area is 156 Å². The zero-order valence-electron chi connectivity index (χ0n) is 14.5. The third-order valence-electron chi connectivity index (χ3n) is 5.47. The third kappa shape index (κ3) is 4.92. The molecule has 1 aromatic carbocycles. The maximum Gasteiger partial charge on any atom is 0.263 e. The molecule has 3 rings (SSSR count). The van der Waals surface area contributed by atoms with Crippen LogP contribution in [0.3, 0.4) is 0 Å². The van der Waals surface area contributed by atoms with Crippen molar-refractivity contribution >= 4 is 17.5 Å². The fourth-order valence-electron chi connectivity index (χ4n) is 4.02. The molecule has 7 heteroatoms. The second-order valence-corrected chi connectivity index (χ2v) is 7.90. The average molecular weight is 389 g/mol. The van der Waals surface area contributed by atoms with Crippen LogP contribution in [0.5, 0.6) is 0 Å². The molecule has 3 nitrogen and oxygen atoms in total. The lowest BCUT2D eigenvalue weighted by Gasteiger charge is -2.25. The van der Waals surface area contributed by atoms with E-state index in [4.69, 9.17) is 11.6 Å². The van der Waals surface area contributed by atoms with Gasteiger partial charge in [-0.1, -0.05) is 24.4 Å². The number of rotatable bonds is 6. The predicted octanol–water partition coefficient (Wildman–Crippen LogP) is 4.55. The Kier molecular flexibility index (Phi) is 6.13. The first kappa shape index (κ1) is 19.5. The predicted molar refractivity (Wildman–Crippen MR) is 95.2 cm³/mol. The van der Waals surface area contributed by atoms with Crippen molar-refractivity contribution in [3.63, 3.8) is 0 Å². The summed E-state index contributed by atoms with van der Waals surface area (Å²) in [5, 5.41) is 5.98. The van der Waals surface area contributed by atoms with Crippen LogP contribution in [0, 0.1) is 11.7 Å². The van der Waals surface area contributed by atoms with Gasteiger partial charge in [-0.25, -0.2) is 13.2 Å². The standard InChI is InChI=1S/C19H24ClF3N2O/c20-14-7-12(8-15(21)9-14)18(26)25-17-6-5-16(10-17)24-11-19(22,23)13-3-1-2-4-13/h7-9,13,16-17,24H,1-6,10-11H2,(H,25,26)/t16-,17-/m0/s1. The van der Waals surface area contributed by atoms with Crippen LogP contribution >= 0.6 is 11.6 Å². The summed E-state index contributed by atoms with van der Waals surface area (Å²) in [5.41, 5.74) is 0.166. The molecule has 26 heavy (non-hydrogen) atoms. The zero-order valence-corrected chi connectivity index (χ0v) is 15.3. The van der Waals surface area contributed by atoms with Gasteiger partial charge in [-0.05, 0) is 50.3 Å². The van der Waals surface area contributed by atoms with Crippen LogP contribution in [0.1, 0.15) is 55.3 Å². The summed E-state index contributed by atoms with van der Waals surface area (Å²) < 4.78 is 41.8. The number of amides is 1. The number of carbonyl (C=O) groups excluding carboxylic acids is 1. The van der Waals surface area contributed by atoms with Crippen LogP contribution in [-0.2, 0) is 0 Å². The molecule has 2 saturated carbocycles. The van der Waals surface area contributed by atoms with Crippen LogP contribution in [0.2, 0.25) is 5.02 Å². The summed E-state index contributed by atoms with van der Waals surface area (Å²) in [5.74, 6) is -4.14. The van der Waals surface area contributed by atoms with Crippen molar-refractivity contribution in [2.75, 3.05) is 6.54 Å². The largest absolute Gasteiger partial charge is 0.349 e. The minimum absolute atomic E-state index is 0.0383. The first-order chi connectivity index (χ1) is 12.3. The summed E-state index contributed by atoms with van der Waals surface area (Å²) in [6, 6.07) is 3.53. The summed E-state index contributed by atoms with van der Waals surface area (Å²) in [7, 11) is 0. The molecule has 1 amide bonds. The Balaban J connectivity index is 1.47. The van der Waals surface area contributed by atoms with E-state index in [1.54, 1.807) is 0 Å². The molecule has 0 saturated heterocycles. The number of benzene rings is 1. The summed E-state index contributed by atoms with van der Waals surface area (Å²) in [4.78, 5) is 12.2. The molecular weight excluding hydrogens is 365 g/mol. The second-order valence-electron chi connectivity index (χ2n) is 7.46. The number of halogens is 4. The highest BCUT2D eigenvalue weighted by Gasteiger charge is 2.41. The van der Waals surface area contributed by atoms with Gasteiger partial charge < -0.3 is 10.6 Å². The maximum atomic E-state index is 14.2. The van der Waals surface area contributed by atoms with Gasteiger partial charge in [0.05, 0.1) is 6.54 Å². The first-order valence-electron chi connectivity index (χ1n) is 9.21. The van der Waals surface area contributed by atoms with Crippen LogP contribution in [-0.4, -0.2) is 30.5 Å². The number of alkyl halides is 2. The van der Waals surface area contributed by atoms with Gasteiger partial charge in [0.1, 0.15) is 5.82 Å². The van der Waals surface area contributed by atoms with Crippen molar-refractivity contribution in [1.29, 1.82) is 0 Å². The van der Waals surface area contributed by atoms with E-state index < -0.39 is 23.6 Å². The number of nitrogens with one attached hydrogen (secondary N) is 2. The van der Waals surface area contributed by atoms with E-state index in [0.29, 0.717) is 25.7 Å². The number of carbonyl (C=O) groups is 1. The van der Waals surface area contributed by atoms with E-state index in [2.05, 4.69) is 10.6 Å². The van der Waals surface area contributed by atoms with Crippen LogP contribution in [0.4, 0.5) is 13.2 Å². The molecule has 0 heterocycles. The molecule has 2 aliphatic carbocycles. The monoisotopic (exact) mass is 388 g/mol. The Morgan fingerprint density at radius 3 is 2.50 bits per heavy atom. The number of hydrogen-bond acceptors (Lipinski definition) is 2. The molecule has 2 aliphatic rings. The average Bonchev–Trinajstić information content (AvgIpc) is 3.24. The van der Waals surface area contributed by atoms with Crippen molar-refractivity contribution in [2.45, 2.75) is 63.0 Å². The van der Waals surface area contributed by atoms with Gasteiger partial charge in [-0.2, -0.15) is 0 Å². The van der Waals surface area contributed by atoms with Crippen LogP contribution in [0.25, 0.3) is 0 Å². The lowest BCUT2D eigenvalue weighted by Crippen LogP contribution is -2.43. The van der Waals surface area contributed by atoms with Gasteiger partial charge in [0.25, 0.3) is 11.8 Å². The smallest absolute Gasteiger partial charge is 0.263 e. The lowest BCUT2D eigenvalue weighted by atomic mass is 9.99. The maximum absolute atomic E-state index is 14.2. The highest BCUT2D eigenvalue weighted by Crippen LogP contribution is 2.37. The van der Waals surface area contributed by atoms with Crippen molar-refractivity contribution in [3.05, 3.63) is 34.6 Å². The molecule has 2 fully saturated rings. The first-order valence-corrected chi connectivity index (χ1v) is 9.59. The third-order valence-corrected chi connectivity index (χ3v) is 5.69. The lowest BCUT2D eigenvalue weighted by molar-refractivity contribution is -0.0552. The van der Waals surface area contributed by atoms with Gasteiger partial charge in [0, 0.05) is 28.6 Å². The molecule has 0 spiro atoms. The van der Waals surface area contributed by atoms with Gasteiger partial charge >= 0.3 is 0 Å². The van der Waals surface area contributed by atoms with E-state index >= 15 is 0 Å². The van der Waals surface area contributed by atoms with Crippen molar-refractivity contribution in [2.24, 2.45) is 5.92 Å².